The zero-order chi connectivity index (χ0) is 34.0. The molecule has 11 heteroatoms. The highest BCUT2D eigenvalue weighted by Gasteiger charge is 2.11. The number of methoxy groups -OCH3 is 1. The number of aromatic nitrogens is 1. The molecule has 1 heterocycles. The summed E-state index contributed by atoms with van der Waals surface area (Å²) in [4.78, 5) is 17.5. The second kappa shape index (κ2) is 16.3. The van der Waals surface area contributed by atoms with Gasteiger partial charge < -0.3 is 19.5 Å². The number of benzene rings is 5. The van der Waals surface area contributed by atoms with Gasteiger partial charge in [-0.25, -0.2) is 10.4 Å². The zero-order valence-corrected chi connectivity index (χ0v) is 29.4. The average Bonchev–Trinajstić information content (AvgIpc) is 3.60. The van der Waals surface area contributed by atoms with Crippen molar-refractivity contribution in [2.45, 2.75) is 13.2 Å². The van der Waals surface area contributed by atoms with E-state index in [-0.39, 0.29) is 12.5 Å². The molecule has 1 amide bonds. The van der Waals surface area contributed by atoms with Crippen LogP contribution in [-0.2, 0) is 13.2 Å². The number of hydrogen-bond donors (Lipinski definition) is 2. The van der Waals surface area contributed by atoms with Crippen molar-refractivity contribution in [3.8, 4) is 28.5 Å². The first-order valence-corrected chi connectivity index (χ1v) is 17.2. The molecule has 0 aliphatic rings. The Labute approximate surface area is 301 Å². The highest BCUT2D eigenvalue weighted by Crippen LogP contribution is 2.31. The lowest BCUT2D eigenvalue weighted by atomic mass is 10.1. The highest BCUT2D eigenvalue weighted by molar-refractivity contribution is 9.10. The van der Waals surface area contributed by atoms with Crippen LogP contribution < -0.4 is 25.0 Å². The fourth-order valence-electron chi connectivity index (χ4n) is 4.71. The van der Waals surface area contributed by atoms with Crippen LogP contribution in [0.25, 0.3) is 11.3 Å². The number of thiazole rings is 1. The summed E-state index contributed by atoms with van der Waals surface area (Å²) in [5, 5.41) is 10.9. The van der Waals surface area contributed by atoms with E-state index in [1.807, 2.05) is 109 Å². The Balaban J connectivity index is 1.04. The minimum Gasteiger partial charge on any atom is -0.493 e. The quantitative estimate of drug-likeness (QED) is 0.0901. The lowest BCUT2D eigenvalue weighted by Gasteiger charge is -2.14. The van der Waals surface area contributed by atoms with Gasteiger partial charge >= 0.3 is 0 Å². The van der Waals surface area contributed by atoms with Gasteiger partial charge in [0.2, 0.25) is 0 Å². The number of nitrogens with zero attached hydrogens (tertiary/aromatic N) is 2. The topological polar surface area (TPSA) is 94.1 Å². The number of hydrazone groups is 1. The van der Waals surface area contributed by atoms with E-state index < -0.39 is 0 Å². The fourth-order valence-corrected chi connectivity index (χ4v) is 5.95. The van der Waals surface area contributed by atoms with Gasteiger partial charge in [0, 0.05) is 37.3 Å². The van der Waals surface area contributed by atoms with E-state index in [0.29, 0.717) is 40.0 Å². The molecular formula is C38H30BrClN4O4S. The van der Waals surface area contributed by atoms with Crippen molar-refractivity contribution in [1.82, 2.24) is 10.4 Å². The summed E-state index contributed by atoms with van der Waals surface area (Å²) in [5.41, 5.74) is 8.32. The second-order valence-corrected chi connectivity index (χ2v) is 12.9. The summed E-state index contributed by atoms with van der Waals surface area (Å²) in [7, 11) is 1.61. The Morgan fingerprint density at radius 1 is 0.857 bits per heavy atom. The number of halogens is 2. The molecule has 0 aliphatic carbocycles. The predicted molar refractivity (Wildman–Crippen MR) is 200 cm³/mol. The number of anilines is 2. The standard InChI is InChI=1S/C38H30BrClN4O4S/c1-46-36-19-26(7-17-35(36)48-22-25-5-3-2-4-6-25)23-47-34-18-12-30(39)20-29(34)21-41-44-37(45)28-10-8-27(9-11-28)33-24-49-38(43-33)42-32-15-13-31(40)14-16-32/h2-21,24H,22-23H2,1H3,(H,42,43)(H,44,45)/b41-21-. The Kier molecular flexibility index (Phi) is 11.2. The van der Waals surface area contributed by atoms with Crippen molar-refractivity contribution in [1.29, 1.82) is 0 Å². The molecule has 0 spiro atoms. The van der Waals surface area contributed by atoms with E-state index in [1.54, 1.807) is 25.5 Å². The maximum absolute atomic E-state index is 12.9. The van der Waals surface area contributed by atoms with Crippen LogP contribution in [0.5, 0.6) is 17.2 Å². The van der Waals surface area contributed by atoms with Crippen molar-refractivity contribution < 1.29 is 19.0 Å². The molecule has 0 fully saturated rings. The average molecular weight is 754 g/mol. The molecule has 49 heavy (non-hydrogen) atoms. The van der Waals surface area contributed by atoms with Gasteiger partial charge in [-0.2, -0.15) is 5.10 Å². The first-order chi connectivity index (χ1) is 23.9. The van der Waals surface area contributed by atoms with E-state index >= 15 is 0 Å². The first-order valence-electron chi connectivity index (χ1n) is 15.1. The molecule has 0 saturated heterocycles. The number of carbonyl (C=O) groups is 1. The van der Waals surface area contributed by atoms with Crippen LogP contribution in [0.2, 0.25) is 5.02 Å². The maximum Gasteiger partial charge on any atom is 0.271 e. The third-order valence-electron chi connectivity index (χ3n) is 7.24. The van der Waals surface area contributed by atoms with Crippen LogP contribution in [0.1, 0.15) is 27.0 Å². The minimum atomic E-state index is -0.342. The van der Waals surface area contributed by atoms with Gasteiger partial charge in [0.25, 0.3) is 5.91 Å². The molecule has 5 aromatic carbocycles. The summed E-state index contributed by atoms with van der Waals surface area (Å²) in [6.07, 6.45) is 1.55. The van der Waals surface area contributed by atoms with Gasteiger partial charge in [0.15, 0.2) is 16.6 Å². The second-order valence-electron chi connectivity index (χ2n) is 10.7. The van der Waals surface area contributed by atoms with E-state index in [0.717, 1.165) is 37.7 Å². The molecule has 6 rings (SSSR count). The summed E-state index contributed by atoms with van der Waals surface area (Å²) >= 11 is 11.0. The van der Waals surface area contributed by atoms with E-state index in [4.69, 9.17) is 25.8 Å². The van der Waals surface area contributed by atoms with Gasteiger partial charge in [-0.1, -0.05) is 76.1 Å². The monoisotopic (exact) mass is 752 g/mol. The number of hydrogen-bond acceptors (Lipinski definition) is 8. The molecule has 1 aromatic heterocycles. The van der Waals surface area contributed by atoms with Crippen molar-refractivity contribution in [3.05, 3.63) is 152 Å². The number of ether oxygens (including phenoxy) is 3. The van der Waals surface area contributed by atoms with Crippen molar-refractivity contribution >= 4 is 61.8 Å². The minimum absolute atomic E-state index is 0.286. The Hall–Kier alpha value is -5.16. The smallest absolute Gasteiger partial charge is 0.271 e. The van der Waals surface area contributed by atoms with Gasteiger partial charge in [0.05, 0.1) is 19.0 Å². The largest absolute Gasteiger partial charge is 0.493 e. The van der Waals surface area contributed by atoms with Crippen LogP contribution in [0.15, 0.2) is 130 Å². The van der Waals surface area contributed by atoms with Gasteiger partial charge in [-0.15, -0.1) is 11.3 Å². The van der Waals surface area contributed by atoms with Crippen LogP contribution >= 0.6 is 38.9 Å². The maximum atomic E-state index is 12.9. The predicted octanol–water partition coefficient (Wildman–Crippen LogP) is 9.90. The first kappa shape index (κ1) is 33.7. The van der Waals surface area contributed by atoms with E-state index in [9.17, 15) is 4.79 Å². The lowest BCUT2D eigenvalue weighted by molar-refractivity contribution is 0.0955. The SMILES string of the molecule is COc1cc(COc2ccc(Br)cc2/C=N\NC(=O)c2ccc(-c3csc(Nc4ccc(Cl)cc4)n3)cc2)ccc1OCc1ccccc1. The normalized spacial score (nSPS) is 10.9. The summed E-state index contributed by atoms with van der Waals surface area (Å²) in [5.74, 6) is 1.53. The Bertz CT molecular complexity index is 2060. The van der Waals surface area contributed by atoms with Crippen molar-refractivity contribution in [3.63, 3.8) is 0 Å². The summed E-state index contributed by atoms with van der Waals surface area (Å²) in [6.45, 7) is 0.725. The molecule has 2 N–H and O–H groups in total. The molecule has 6 aromatic rings. The van der Waals surface area contributed by atoms with E-state index in [2.05, 4.69) is 36.8 Å². The molecular weight excluding hydrogens is 724 g/mol. The Morgan fingerprint density at radius 3 is 2.37 bits per heavy atom. The van der Waals surface area contributed by atoms with Crippen molar-refractivity contribution in [2.75, 3.05) is 12.4 Å². The molecule has 0 radical (unpaired) electrons. The number of amides is 1. The highest BCUT2D eigenvalue weighted by atomic mass is 79.9. The third kappa shape index (κ3) is 9.26. The molecule has 0 saturated carbocycles. The van der Waals surface area contributed by atoms with Gasteiger partial charge in [-0.3, -0.25) is 4.79 Å². The summed E-state index contributed by atoms with van der Waals surface area (Å²) in [6, 6.07) is 35.9. The number of rotatable bonds is 13. The van der Waals surface area contributed by atoms with E-state index in [1.165, 1.54) is 11.3 Å². The fraction of sp³-hybridized carbons (Fsp3) is 0.0789. The third-order valence-corrected chi connectivity index (χ3v) is 8.75. The van der Waals surface area contributed by atoms with Gasteiger partial charge in [-0.05, 0) is 77.9 Å². The molecule has 0 atom stereocenters. The molecule has 0 bridgehead atoms. The number of carbonyl (C=O) groups excluding carboxylic acids is 1. The molecule has 0 aliphatic heterocycles. The van der Waals surface area contributed by atoms with Crippen LogP contribution in [0, 0.1) is 0 Å². The summed E-state index contributed by atoms with van der Waals surface area (Å²) < 4.78 is 18.5. The molecule has 0 unspecified atom stereocenters. The zero-order valence-electron chi connectivity index (χ0n) is 26.2. The van der Waals surface area contributed by atoms with Crippen LogP contribution in [-0.4, -0.2) is 24.2 Å². The van der Waals surface area contributed by atoms with Gasteiger partial charge in [0.1, 0.15) is 19.0 Å². The van der Waals surface area contributed by atoms with Crippen LogP contribution in [0.3, 0.4) is 0 Å². The van der Waals surface area contributed by atoms with Crippen LogP contribution in [0.4, 0.5) is 10.8 Å². The van der Waals surface area contributed by atoms with Crippen molar-refractivity contribution in [2.24, 2.45) is 5.10 Å². The molecule has 8 nitrogen and oxygen atoms in total. The molecule has 246 valence electrons. The lowest BCUT2D eigenvalue weighted by Crippen LogP contribution is -2.17. The number of nitrogens with one attached hydrogen (secondary N) is 2. The Morgan fingerprint density at radius 2 is 1.59 bits per heavy atom.